The van der Waals surface area contributed by atoms with Crippen molar-refractivity contribution in [1.29, 1.82) is 0 Å². The Morgan fingerprint density at radius 3 is 2.62 bits per heavy atom. The van der Waals surface area contributed by atoms with Crippen LogP contribution < -0.4 is 0 Å². The van der Waals surface area contributed by atoms with Gasteiger partial charge in [0.15, 0.2) is 11.6 Å². The molecule has 42 heavy (non-hydrogen) atoms. The number of carbonyl (C=O) groups excluding carboxylic acids is 1. The van der Waals surface area contributed by atoms with Gasteiger partial charge in [-0.25, -0.2) is 14.2 Å². The Labute approximate surface area is 244 Å². The lowest BCUT2D eigenvalue weighted by Crippen LogP contribution is -2.44. The van der Waals surface area contributed by atoms with Crippen molar-refractivity contribution in [3.63, 3.8) is 0 Å². The van der Waals surface area contributed by atoms with Crippen LogP contribution in [0.25, 0.3) is 28.5 Å². The number of hydrogen-bond acceptors (Lipinski definition) is 7. The Balaban J connectivity index is 1.69. The molecule has 2 atom stereocenters. The first-order chi connectivity index (χ1) is 20.0. The van der Waals surface area contributed by atoms with Crippen molar-refractivity contribution in [1.82, 2.24) is 9.97 Å². The van der Waals surface area contributed by atoms with E-state index in [0.29, 0.717) is 18.7 Å². The standard InChI is InChI=1S/C33H34FN3O5/c1-19(2)31-26(13-12-22-16-23(17-29(39)40)42-33(3,4)41-22)30(20-8-10-21(34)11-9-20)25-6-5-7-27-24(32(25)37-31)14-15-28(36-27)35-18-38/h8-15,19,22-23H,5-7,16-17H2,1-4H3,(H,39,40)/b13-12+/t22-,23-/m1/s1. The number of carboxylic acids is 1. The minimum absolute atomic E-state index is 0.0413. The van der Waals surface area contributed by atoms with Gasteiger partial charge < -0.3 is 14.6 Å². The number of benzene rings is 1. The number of isocyanates is 1. The molecule has 5 rings (SSSR count). The second kappa shape index (κ2) is 12.1. The van der Waals surface area contributed by atoms with E-state index in [1.54, 1.807) is 38.1 Å². The van der Waals surface area contributed by atoms with Gasteiger partial charge in [-0.2, -0.15) is 0 Å². The molecule has 1 aromatic carbocycles. The summed E-state index contributed by atoms with van der Waals surface area (Å²) in [5, 5.41) is 9.36. The molecule has 0 saturated carbocycles. The number of ether oxygens (including phenoxy) is 2. The fraction of sp³-hybridized carbons (Fsp3) is 0.394. The van der Waals surface area contributed by atoms with Crippen LogP contribution in [0.3, 0.4) is 0 Å². The third-order valence-corrected chi connectivity index (χ3v) is 7.52. The second-order valence-electron chi connectivity index (χ2n) is 11.5. The largest absolute Gasteiger partial charge is 0.481 e. The molecule has 2 aromatic heterocycles. The first-order valence-corrected chi connectivity index (χ1v) is 14.2. The molecular weight excluding hydrogens is 537 g/mol. The summed E-state index contributed by atoms with van der Waals surface area (Å²) >= 11 is 0. The summed E-state index contributed by atoms with van der Waals surface area (Å²) in [5.74, 6) is -1.82. The van der Waals surface area contributed by atoms with Crippen LogP contribution in [-0.4, -0.2) is 45.1 Å². The number of hydrogen-bond donors (Lipinski definition) is 1. The topological polar surface area (TPSA) is 111 Å². The normalized spacial score (nSPS) is 19.6. The molecule has 0 spiro atoms. The van der Waals surface area contributed by atoms with E-state index in [4.69, 9.17) is 14.5 Å². The highest BCUT2D eigenvalue weighted by molar-refractivity contribution is 5.85. The molecule has 1 aliphatic heterocycles. The molecule has 1 saturated heterocycles. The van der Waals surface area contributed by atoms with Gasteiger partial charge in [0.2, 0.25) is 6.08 Å². The smallest absolute Gasteiger partial charge is 0.305 e. The number of nitrogens with zero attached hydrogens (tertiary/aromatic N) is 3. The molecule has 2 aliphatic rings. The molecule has 0 bridgehead atoms. The average molecular weight is 572 g/mol. The summed E-state index contributed by atoms with van der Waals surface area (Å²) in [5.41, 5.74) is 7.18. The van der Waals surface area contributed by atoms with E-state index in [1.165, 1.54) is 12.1 Å². The van der Waals surface area contributed by atoms with Gasteiger partial charge >= 0.3 is 5.97 Å². The van der Waals surface area contributed by atoms with Crippen molar-refractivity contribution >= 4 is 23.9 Å². The highest BCUT2D eigenvalue weighted by atomic mass is 19.1. The Hall–Kier alpha value is -4.04. The van der Waals surface area contributed by atoms with E-state index < -0.39 is 17.9 Å². The van der Waals surface area contributed by atoms with Crippen LogP contribution in [0, 0.1) is 5.82 Å². The molecule has 0 unspecified atom stereocenters. The summed E-state index contributed by atoms with van der Waals surface area (Å²) in [6.07, 6.45) is 7.18. The summed E-state index contributed by atoms with van der Waals surface area (Å²) < 4.78 is 26.1. The highest BCUT2D eigenvalue weighted by Gasteiger charge is 2.35. The van der Waals surface area contributed by atoms with Crippen LogP contribution in [0.2, 0.25) is 0 Å². The summed E-state index contributed by atoms with van der Waals surface area (Å²) in [6.45, 7) is 7.73. The van der Waals surface area contributed by atoms with E-state index in [1.807, 2.05) is 18.2 Å². The van der Waals surface area contributed by atoms with Crippen LogP contribution >= 0.6 is 0 Å². The number of aliphatic imine (C=N–C) groups is 1. The van der Waals surface area contributed by atoms with Gasteiger partial charge in [0.1, 0.15) is 5.82 Å². The summed E-state index contributed by atoms with van der Waals surface area (Å²) in [7, 11) is 0. The SMILES string of the molecule is CC(C)c1nc2c(c(-c3ccc(F)cc3)c1/C=C/[C@@H]1C[C@H](CC(=O)O)OC(C)(C)O1)CCCc1nc(N=C=O)ccc1-2. The molecule has 9 heteroatoms. The quantitative estimate of drug-likeness (QED) is 0.242. The second-order valence-corrected chi connectivity index (χ2v) is 11.5. The number of aromatic nitrogens is 2. The van der Waals surface area contributed by atoms with E-state index in [-0.39, 0.29) is 24.3 Å². The fourth-order valence-electron chi connectivity index (χ4n) is 5.91. The first kappa shape index (κ1) is 29.5. The molecule has 3 aromatic rings. The maximum atomic E-state index is 14.1. The van der Waals surface area contributed by atoms with Crippen molar-refractivity contribution in [3.8, 4) is 22.4 Å². The zero-order chi connectivity index (χ0) is 30.0. The number of pyridine rings is 2. The number of aliphatic carboxylic acids is 1. The fourth-order valence-corrected chi connectivity index (χ4v) is 5.91. The Morgan fingerprint density at radius 2 is 1.93 bits per heavy atom. The van der Waals surface area contributed by atoms with E-state index in [9.17, 15) is 19.1 Å². The van der Waals surface area contributed by atoms with Crippen LogP contribution in [0.5, 0.6) is 0 Å². The van der Waals surface area contributed by atoms with Gasteiger partial charge in [-0.1, -0.05) is 38.1 Å². The maximum absolute atomic E-state index is 14.1. The van der Waals surface area contributed by atoms with Gasteiger partial charge in [-0.3, -0.25) is 9.78 Å². The van der Waals surface area contributed by atoms with Crippen molar-refractivity contribution in [2.45, 2.75) is 83.7 Å². The molecule has 0 radical (unpaired) electrons. The first-order valence-electron chi connectivity index (χ1n) is 14.2. The number of carboxylic acid groups (broad SMARTS) is 1. The van der Waals surface area contributed by atoms with Crippen molar-refractivity contribution in [3.05, 3.63) is 70.8 Å². The predicted octanol–water partition coefficient (Wildman–Crippen LogP) is 6.93. The Kier molecular flexibility index (Phi) is 8.45. The summed E-state index contributed by atoms with van der Waals surface area (Å²) in [4.78, 5) is 35.8. The third-order valence-electron chi connectivity index (χ3n) is 7.52. The van der Waals surface area contributed by atoms with Gasteiger partial charge in [0, 0.05) is 17.5 Å². The molecule has 1 aliphatic carbocycles. The molecule has 1 fully saturated rings. The number of halogens is 1. The van der Waals surface area contributed by atoms with Crippen molar-refractivity contribution in [2.24, 2.45) is 4.99 Å². The monoisotopic (exact) mass is 571 g/mol. The predicted molar refractivity (Wildman–Crippen MR) is 156 cm³/mol. The molecule has 0 amide bonds. The lowest BCUT2D eigenvalue weighted by molar-refractivity contribution is -0.290. The van der Waals surface area contributed by atoms with Crippen molar-refractivity contribution < 1.29 is 28.6 Å². The van der Waals surface area contributed by atoms with Crippen LogP contribution in [0.1, 0.15) is 75.4 Å². The minimum atomic E-state index is -0.941. The summed E-state index contributed by atoms with van der Waals surface area (Å²) in [6, 6.07) is 10.1. The Bertz CT molecular complexity index is 1580. The lowest BCUT2D eigenvalue weighted by Gasteiger charge is -2.39. The number of aryl methyl sites for hydroxylation is 1. The zero-order valence-electron chi connectivity index (χ0n) is 24.2. The van der Waals surface area contributed by atoms with Gasteiger partial charge in [-0.05, 0) is 80.0 Å². The molecule has 1 N–H and O–H groups in total. The van der Waals surface area contributed by atoms with E-state index in [2.05, 4.69) is 23.8 Å². The van der Waals surface area contributed by atoms with Crippen LogP contribution in [0.15, 0.2) is 47.5 Å². The maximum Gasteiger partial charge on any atom is 0.305 e. The molecule has 218 valence electrons. The molecule has 3 heterocycles. The third kappa shape index (κ3) is 6.39. The number of rotatable bonds is 7. The highest BCUT2D eigenvalue weighted by Crippen LogP contribution is 2.42. The molecular formula is C33H34FN3O5. The van der Waals surface area contributed by atoms with Gasteiger partial charge in [-0.15, -0.1) is 4.99 Å². The van der Waals surface area contributed by atoms with E-state index in [0.717, 1.165) is 57.7 Å². The van der Waals surface area contributed by atoms with Gasteiger partial charge in [0.05, 0.1) is 35.7 Å². The zero-order valence-corrected chi connectivity index (χ0v) is 24.2. The van der Waals surface area contributed by atoms with Crippen LogP contribution in [-0.2, 0) is 31.9 Å². The number of carbonyl (C=O) groups is 1. The van der Waals surface area contributed by atoms with E-state index >= 15 is 0 Å². The lowest BCUT2D eigenvalue weighted by atomic mass is 9.86. The van der Waals surface area contributed by atoms with Crippen LogP contribution in [0.4, 0.5) is 10.2 Å². The minimum Gasteiger partial charge on any atom is -0.481 e. The Morgan fingerprint density at radius 1 is 1.17 bits per heavy atom. The average Bonchev–Trinajstić information content (AvgIpc) is 3.09. The van der Waals surface area contributed by atoms with Gasteiger partial charge in [0.25, 0.3) is 0 Å². The van der Waals surface area contributed by atoms with Crippen molar-refractivity contribution in [2.75, 3.05) is 0 Å². The number of fused-ring (bicyclic) bond motifs is 3. The molecule has 8 nitrogen and oxygen atoms in total.